The van der Waals surface area contributed by atoms with E-state index in [-0.39, 0.29) is 5.75 Å². The van der Waals surface area contributed by atoms with Crippen LogP contribution in [0.15, 0.2) is 24.3 Å². The first-order valence-corrected chi connectivity index (χ1v) is 7.82. The molecule has 0 spiro atoms. The van der Waals surface area contributed by atoms with E-state index < -0.39 is 37.3 Å². The van der Waals surface area contributed by atoms with Crippen molar-refractivity contribution in [3.05, 3.63) is 29.8 Å². The predicted molar refractivity (Wildman–Crippen MR) is 88.3 cm³/mol. The molecule has 0 aromatic heterocycles. The summed E-state index contributed by atoms with van der Waals surface area (Å²) < 4.78 is 21.1. The number of benzene rings is 1. The normalized spacial score (nSPS) is 29.8. The van der Waals surface area contributed by atoms with E-state index in [1.54, 1.807) is 25.3 Å². The van der Waals surface area contributed by atoms with Crippen LogP contribution in [0.25, 0.3) is 6.08 Å². The highest BCUT2D eigenvalue weighted by Crippen LogP contribution is 2.32. The van der Waals surface area contributed by atoms with E-state index in [2.05, 4.69) is 0 Å². The summed E-state index contributed by atoms with van der Waals surface area (Å²) in [6.07, 6.45) is -3.03. The third-order valence-electron chi connectivity index (χ3n) is 3.85. The van der Waals surface area contributed by atoms with Crippen molar-refractivity contribution in [2.75, 3.05) is 27.4 Å². The smallest absolute Gasteiger partial charge is 0.229 e. The first-order chi connectivity index (χ1) is 12.0. The summed E-state index contributed by atoms with van der Waals surface area (Å²) in [4.78, 5) is 0. The van der Waals surface area contributed by atoms with Crippen molar-refractivity contribution in [3.8, 4) is 11.5 Å². The fraction of sp³-hybridized carbons (Fsp3) is 0.529. The number of rotatable bonds is 7. The highest BCUT2D eigenvalue weighted by molar-refractivity contribution is 5.56. The molecule has 0 bridgehead atoms. The van der Waals surface area contributed by atoms with Crippen molar-refractivity contribution in [2.24, 2.45) is 0 Å². The molecule has 0 aliphatic carbocycles. The Morgan fingerprint density at radius 2 is 1.84 bits per heavy atom. The maximum atomic E-state index is 10.0. The molecular formula is C17H24O8. The molecule has 0 unspecified atom stereocenters. The monoisotopic (exact) mass is 356 g/mol. The lowest BCUT2D eigenvalue weighted by Gasteiger charge is -2.39. The standard InChI is InChI=1S/C17H24O8/c1-22-7-3-4-10-5-6-11(12(8-10)23-2)24-17-16(21)15(20)14(19)13(9-18)25-17/h3-6,8,13-21H,7,9H2,1-2H3/t13-,14-,15+,16-,17+/m1/s1. The third kappa shape index (κ3) is 4.69. The lowest BCUT2D eigenvalue weighted by Crippen LogP contribution is -2.60. The summed E-state index contributed by atoms with van der Waals surface area (Å²) in [6.45, 7) is -0.0450. The van der Waals surface area contributed by atoms with Crippen LogP contribution in [0.2, 0.25) is 0 Å². The van der Waals surface area contributed by atoms with Gasteiger partial charge >= 0.3 is 0 Å². The van der Waals surface area contributed by atoms with Crippen LogP contribution in [0.3, 0.4) is 0 Å². The molecule has 1 aliphatic heterocycles. The van der Waals surface area contributed by atoms with Crippen LogP contribution in [0.4, 0.5) is 0 Å². The maximum absolute atomic E-state index is 10.0. The second kappa shape index (κ2) is 9.14. The number of methoxy groups -OCH3 is 2. The topological polar surface area (TPSA) is 118 Å². The van der Waals surface area contributed by atoms with Gasteiger partial charge in [0.1, 0.15) is 24.4 Å². The molecule has 25 heavy (non-hydrogen) atoms. The Bertz CT molecular complexity index is 574. The first kappa shape index (κ1) is 19.6. The van der Waals surface area contributed by atoms with Crippen molar-refractivity contribution in [1.29, 1.82) is 0 Å². The molecule has 1 saturated heterocycles. The summed E-state index contributed by atoms with van der Waals surface area (Å²) in [5, 5.41) is 38.9. The Kier molecular flexibility index (Phi) is 7.18. The molecule has 1 fully saturated rings. The van der Waals surface area contributed by atoms with E-state index >= 15 is 0 Å². The molecule has 140 valence electrons. The number of hydrogen-bond donors (Lipinski definition) is 4. The van der Waals surface area contributed by atoms with Gasteiger partial charge in [-0.25, -0.2) is 0 Å². The summed E-state index contributed by atoms with van der Waals surface area (Å²) in [6, 6.07) is 5.13. The zero-order valence-electron chi connectivity index (χ0n) is 14.1. The fourth-order valence-corrected chi connectivity index (χ4v) is 2.46. The molecule has 8 nitrogen and oxygen atoms in total. The molecule has 0 saturated carbocycles. The average Bonchev–Trinajstić information content (AvgIpc) is 2.63. The number of aliphatic hydroxyl groups excluding tert-OH is 4. The van der Waals surface area contributed by atoms with Gasteiger partial charge in [-0.3, -0.25) is 0 Å². The van der Waals surface area contributed by atoms with Crippen LogP contribution < -0.4 is 9.47 Å². The minimum atomic E-state index is -1.50. The zero-order valence-corrected chi connectivity index (χ0v) is 14.1. The Labute approximate surface area is 145 Å². The second-order valence-corrected chi connectivity index (χ2v) is 5.58. The first-order valence-electron chi connectivity index (χ1n) is 7.82. The molecule has 0 radical (unpaired) electrons. The van der Waals surface area contributed by atoms with Gasteiger partial charge in [0, 0.05) is 7.11 Å². The van der Waals surface area contributed by atoms with Crippen LogP contribution in [0.5, 0.6) is 11.5 Å². The molecule has 0 amide bonds. The van der Waals surface area contributed by atoms with Gasteiger partial charge in [-0.15, -0.1) is 0 Å². The van der Waals surface area contributed by atoms with Gasteiger partial charge in [0.05, 0.1) is 20.3 Å². The molecule has 1 aromatic rings. The number of aliphatic hydroxyl groups is 4. The SMILES string of the molecule is COCC=Cc1ccc(O[C@H]2O[C@H](CO)[C@@H](O)[C@H](O)[C@H]2O)c(OC)c1. The molecule has 1 aromatic carbocycles. The minimum Gasteiger partial charge on any atom is -0.493 e. The van der Waals surface area contributed by atoms with Gasteiger partial charge < -0.3 is 39.4 Å². The largest absolute Gasteiger partial charge is 0.493 e. The molecule has 5 atom stereocenters. The van der Waals surface area contributed by atoms with Crippen LogP contribution in [-0.4, -0.2) is 78.6 Å². The van der Waals surface area contributed by atoms with E-state index in [1.165, 1.54) is 7.11 Å². The van der Waals surface area contributed by atoms with Crippen LogP contribution in [0.1, 0.15) is 5.56 Å². The van der Waals surface area contributed by atoms with E-state index in [4.69, 9.17) is 18.9 Å². The Hall–Kier alpha value is -1.68. The molecule has 8 heteroatoms. The molecule has 1 heterocycles. The van der Waals surface area contributed by atoms with Gasteiger partial charge in [-0.1, -0.05) is 18.2 Å². The van der Waals surface area contributed by atoms with Gasteiger partial charge in [0.2, 0.25) is 6.29 Å². The summed E-state index contributed by atoms with van der Waals surface area (Å²) >= 11 is 0. The van der Waals surface area contributed by atoms with E-state index in [9.17, 15) is 20.4 Å². The van der Waals surface area contributed by atoms with Gasteiger partial charge in [-0.2, -0.15) is 0 Å². The Morgan fingerprint density at radius 3 is 2.48 bits per heavy atom. The number of ether oxygens (including phenoxy) is 4. The van der Waals surface area contributed by atoms with Crippen molar-refractivity contribution in [2.45, 2.75) is 30.7 Å². The Balaban J connectivity index is 2.15. The Morgan fingerprint density at radius 1 is 1.08 bits per heavy atom. The van der Waals surface area contributed by atoms with Crippen LogP contribution in [-0.2, 0) is 9.47 Å². The van der Waals surface area contributed by atoms with Crippen LogP contribution >= 0.6 is 0 Å². The van der Waals surface area contributed by atoms with Crippen molar-refractivity contribution in [1.82, 2.24) is 0 Å². The highest BCUT2D eigenvalue weighted by Gasteiger charge is 2.44. The van der Waals surface area contributed by atoms with E-state index in [0.717, 1.165) is 5.56 Å². The molecule has 2 rings (SSSR count). The van der Waals surface area contributed by atoms with Gasteiger partial charge in [-0.05, 0) is 17.7 Å². The lowest BCUT2D eigenvalue weighted by molar-refractivity contribution is -0.277. The van der Waals surface area contributed by atoms with E-state index in [1.807, 2.05) is 12.2 Å². The molecule has 1 aliphatic rings. The van der Waals surface area contributed by atoms with E-state index in [0.29, 0.717) is 12.4 Å². The zero-order chi connectivity index (χ0) is 18.4. The van der Waals surface area contributed by atoms with Crippen molar-refractivity contribution in [3.63, 3.8) is 0 Å². The number of hydrogen-bond acceptors (Lipinski definition) is 8. The lowest BCUT2D eigenvalue weighted by atomic mass is 9.99. The highest BCUT2D eigenvalue weighted by atomic mass is 16.7. The predicted octanol–water partition coefficient (Wildman–Crippen LogP) is -0.467. The second-order valence-electron chi connectivity index (χ2n) is 5.58. The quantitative estimate of drug-likeness (QED) is 0.518. The summed E-state index contributed by atoms with van der Waals surface area (Å²) in [7, 11) is 3.07. The average molecular weight is 356 g/mol. The fourth-order valence-electron chi connectivity index (χ4n) is 2.46. The van der Waals surface area contributed by atoms with Crippen molar-refractivity contribution < 1.29 is 39.4 Å². The van der Waals surface area contributed by atoms with Gasteiger partial charge in [0.15, 0.2) is 11.5 Å². The maximum Gasteiger partial charge on any atom is 0.229 e. The summed E-state index contributed by atoms with van der Waals surface area (Å²) in [5.41, 5.74) is 0.857. The van der Waals surface area contributed by atoms with Crippen molar-refractivity contribution >= 4 is 6.08 Å². The van der Waals surface area contributed by atoms with Crippen LogP contribution in [0, 0.1) is 0 Å². The third-order valence-corrected chi connectivity index (χ3v) is 3.85. The van der Waals surface area contributed by atoms with Gasteiger partial charge in [0.25, 0.3) is 0 Å². The molecular weight excluding hydrogens is 332 g/mol. The minimum absolute atomic E-state index is 0.288. The molecule has 4 N–H and O–H groups in total. The summed E-state index contributed by atoms with van der Waals surface area (Å²) in [5.74, 6) is 0.687.